The highest BCUT2D eigenvalue weighted by Crippen LogP contribution is 2.32. The van der Waals surface area contributed by atoms with Gasteiger partial charge in [0, 0.05) is 23.2 Å². The first-order valence-electron chi connectivity index (χ1n) is 6.42. The molecule has 0 unspecified atom stereocenters. The first kappa shape index (κ1) is 13.3. The Labute approximate surface area is 120 Å². The SMILES string of the molecule is Cc1ccc(F)c(Nc2ccc3cnccc3c2N)c1F. The van der Waals surface area contributed by atoms with Crippen molar-refractivity contribution in [2.24, 2.45) is 0 Å². The molecule has 0 bridgehead atoms. The van der Waals surface area contributed by atoms with E-state index in [0.29, 0.717) is 16.9 Å². The lowest BCUT2D eigenvalue weighted by Crippen LogP contribution is -2.02. The van der Waals surface area contributed by atoms with Crippen molar-refractivity contribution in [3.05, 3.63) is 59.9 Å². The molecule has 0 atom stereocenters. The van der Waals surface area contributed by atoms with Gasteiger partial charge in [-0.1, -0.05) is 12.1 Å². The summed E-state index contributed by atoms with van der Waals surface area (Å²) in [5.74, 6) is -1.28. The number of aryl methyl sites for hydroxylation is 1. The van der Waals surface area contributed by atoms with Crippen LogP contribution in [0.4, 0.5) is 25.8 Å². The number of rotatable bonds is 2. The highest BCUT2D eigenvalue weighted by Gasteiger charge is 2.13. The van der Waals surface area contributed by atoms with Gasteiger partial charge in [0.25, 0.3) is 0 Å². The van der Waals surface area contributed by atoms with Crippen LogP contribution in [-0.2, 0) is 0 Å². The van der Waals surface area contributed by atoms with Gasteiger partial charge in [0.2, 0.25) is 0 Å². The first-order valence-corrected chi connectivity index (χ1v) is 6.42. The summed E-state index contributed by atoms with van der Waals surface area (Å²) >= 11 is 0. The lowest BCUT2D eigenvalue weighted by atomic mass is 10.1. The highest BCUT2D eigenvalue weighted by atomic mass is 19.1. The van der Waals surface area contributed by atoms with E-state index in [-0.39, 0.29) is 5.69 Å². The third-order valence-corrected chi connectivity index (χ3v) is 3.41. The molecule has 0 saturated carbocycles. The van der Waals surface area contributed by atoms with Gasteiger partial charge in [-0.15, -0.1) is 0 Å². The van der Waals surface area contributed by atoms with Gasteiger partial charge >= 0.3 is 0 Å². The predicted octanol–water partition coefficient (Wildman–Crippen LogP) is 4.15. The summed E-state index contributed by atoms with van der Waals surface area (Å²) in [6.07, 6.45) is 3.31. The zero-order valence-electron chi connectivity index (χ0n) is 11.3. The normalized spacial score (nSPS) is 10.8. The number of hydrogen-bond acceptors (Lipinski definition) is 3. The number of benzene rings is 2. The van der Waals surface area contributed by atoms with Crippen LogP contribution in [-0.4, -0.2) is 4.98 Å². The fourth-order valence-electron chi connectivity index (χ4n) is 2.21. The third kappa shape index (κ3) is 2.27. The highest BCUT2D eigenvalue weighted by molar-refractivity contribution is 5.99. The molecule has 1 heterocycles. The second-order valence-corrected chi connectivity index (χ2v) is 4.80. The molecule has 1 aromatic heterocycles. The molecule has 0 amide bonds. The topological polar surface area (TPSA) is 50.9 Å². The molecule has 0 aliphatic rings. The summed E-state index contributed by atoms with van der Waals surface area (Å²) in [6, 6.07) is 7.86. The van der Waals surface area contributed by atoms with Gasteiger partial charge in [-0.25, -0.2) is 8.78 Å². The summed E-state index contributed by atoms with van der Waals surface area (Å²) in [6.45, 7) is 1.58. The molecule has 0 aliphatic heterocycles. The Morgan fingerprint density at radius 1 is 1.10 bits per heavy atom. The second kappa shape index (κ2) is 5.01. The monoisotopic (exact) mass is 285 g/mol. The first-order chi connectivity index (χ1) is 10.1. The number of nitrogens with two attached hydrogens (primary N) is 1. The van der Waals surface area contributed by atoms with Gasteiger partial charge in [-0.05, 0) is 30.7 Å². The largest absolute Gasteiger partial charge is 0.397 e. The molecular weight excluding hydrogens is 272 g/mol. The molecule has 0 aliphatic carbocycles. The van der Waals surface area contributed by atoms with Crippen LogP contribution < -0.4 is 11.1 Å². The molecular formula is C16H13F2N3. The summed E-state index contributed by atoms with van der Waals surface area (Å²) in [4.78, 5) is 4.01. The number of hydrogen-bond donors (Lipinski definition) is 2. The summed E-state index contributed by atoms with van der Waals surface area (Å²) in [7, 11) is 0. The molecule has 3 N–H and O–H groups in total. The summed E-state index contributed by atoms with van der Waals surface area (Å²) in [5.41, 5.74) is 7.12. The van der Waals surface area contributed by atoms with E-state index in [0.717, 1.165) is 10.8 Å². The zero-order chi connectivity index (χ0) is 15.0. The van der Waals surface area contributed by atoms with Crippen molar-refractivity contribution >= 4 is 27.8 Å². The number of anilines is 3. The van der Waals surface area contributed by atoms with Crippen molar-refractivity contribution in [3.63, 3.8) is 0 Å². The Hall–Kier alpha value is -2.69. The molecule has 3 aromatic rings. The fourth-order valence-corrected chi connectivity index (χ4v) is 2.21. The quantitative estimate of drug-likeness (QED) is 0.695. The lowest BCUT2D eigenvalue weighted by molar-refractivity contribution is 0.585. The molecule has 3 rings (SSSR count). The van der Waals surface area contributed by atoms with Crippen LogP contribution in [0.25, 0.3) is 10.8 Å². The maximum atomic E-state index is 14.0. The minimum atomic E-state index is -0.660. The van der Waals surface area contributed by atoms with E-state index in [9.17, 15) is 8.78 Å². The molecule has 21 heavy (non-hydrogen) atoms. The molecule has 3 nitrogen and oxygen atoms in total. The van der Waals surface area contributed by atoms with Crippen LogP contribution in [0, 0.1) is 18.6 Å². The summed E-state index contributed by atoms with van der Waals surface area (Å²) in [5, 5.41) is 4.39. The fraction of sp³-hybridized carbons (Fsp3) is 0.0625. The van der Waals surface area contributed by atoms with Crippen molar-refractivity contribution in [3.8, 4) is 0 Å². The smallest absolute Gasteiger partial charge is 0.152 e. The Bertz CT molecular complexity index is 831. The number of fused-ring (bicyclic) bond motifs is 1. The average molecular weight is 285 g/mol. The molecule has 5 heteroatoms. The van der Waals surface area contributed by atoms with Crippen LogP contribution in [0.15, 0.2) is 42.7 Å². The van der Waals surface area contributed by atoms with Crippen molar-refractivity contribution in [1.29, 1.82) is 0 Å². The molecule has 0 fully saturated rings. The van der Waals surface area contributed by atoms with E-state index >= 15 is 0 Å². The number of nitrogens with zero attached hydrogens (tertiary/aromatic N) is 1. The van der Waals surface area contributed by atoms with E-state index in [4.69, 9.17) is 5.73 Å². The summed E-state index contributed by atoms with van der Waals surface area (Å²) < 4.78 is 27.8. The van der Waals surface area contributed by atoms with Crippen LogP contribution in [0.3, 0.4) is 0 Å². The van der Waals surface area contributed by atoms with Crippen LogP contribution in [0.1, 0.15) is 5.56 Å². The molecule has 0 radical (unpaired) electrons. The van der Waals surface area contributed by atoms with E-state index in [1.165, 1.54) is 12.1 Å². The minimum Gasteiger partial charge on any atom is -0.397 e. The second-order valence-electron chi connectivity index (χ2n) is 4.80. The van der Waals surface area contributed by atoms with Gasteiger partial charge in [0.1, 0.15) is 11.5 Å². The van der Waals surface area contributed by atoms with E-state index in [1.54, 1.807) is 37.5 Å². The Balaban J connectivity index is 2.11. The van der Waals surface area contributed by atoms with Crippen LogP contribution in [0.5, 0.6) is 0 Å². The average Bonchev–Trinajstić information content (AvgIpc) is 2.50. The molecule has 0 spiro atoms. The number of halogens is 2. The number of aromatic nitrogens is 1. The van der Waals surface area contributed by atoms with Gasteiger partial charge in [0.05, 0.1) is 11.4 Å². The molecule has 106 valence electrons. The standard InChI is InChI=1S/C16H13F2N3/c1-9-2-4-12(17)16(14(9)18)21-13-5-3-10-8-20-7-6-11(10)15(13)19/h2-8,21H,19H2,1H3. The Morgan fingerprint density at radius 3 is 2.71 bits per heavy atom. The van der Waals surface area contributed by atoms with E-state index in [1.807, 2.05) is 0 Å². The zero-order valence-corrected chi connectivity index (χ0v) is 11.3. The van der Waals surface area contributed by atoms with E-state index < -0.39 is 11.6 Å². The van der Waals surface area contributed by atoms with Crippen molar-refractivity contribution in [1.82, 2.24) is 4.98 Å². The lowest BCUT2D eigenvalue weighted by Gasteiger charge is -2.13. The minimum absolute atomic E-state index is 0.199. The van der Waals surface area contributed by atoms with Gasteiger partial charge in [0.15, 0.2) is 5.82 Å². The van der Waals surface area contributed by atoms with Crippen molar-refractivity contribution in [2.75, 3.05) is 11.1 Å². The maximum absolute atomic E-state index is 14.0. The van der Waals surface area contributed by atoms with Crippen molar-refractivity contribution in [2.45, 2.75) is 6.92 Å². The number of nitrogens with one attached hydrogen (secondary N) is 1. The Morgan fingerprint density at radius 2 is 1.90 bits per heavy atom. The molecule has 2 aromatic carbocycles. The Kier molecular flexibility index (Phi) is 3.17. The van der Waals surface area contributed by atoms with Crippen LogP contribution >= 0.6 is 0 Å². The van der Waals surface area contributed by atoms with Gasteiger partial charge in [-0.2, -0.15) is 0 Å². The van der Waals surface area contributed by atoms with Crippen LogP contribution in [0.2, 0.25) is 0 Å². The van der Waals surface area contributed by atoms with Gasteiger partial charge in [-0.3, -0.25) is 4.98 Å². The third-order valence-electron chi connectivity index (χ3n) is 3.41. The maximum Gasteiger partial charge on any atom is 0.152 e. The molecule has 0 saturated heterocycles. The predicted molar refractivity (Wildman–Crippen MR) is 80.5 cm³/mol. The van der Waals surface area contributed by atoms with Crippen molar-refractivity contribution < 1.29 is 8.78 Å². The number of pyridine rings is 1. The number of nitrogen functional groups attached to an aromatic ring is 1. The van der Waals surface area contributed by atoms with Gasteiger partial charge < -0.3 is 11.1 Å². The van der Waals surface area contributed by atoms with E-state index in [2.05, 4.69) is 10.3 Å².